The molecule has 0 atom stereocenters. The molecule has 2 aliphatic rings. The van der Waals surface area contributed by atoms with E-state index in [1.807, 2.05) is 66.7 Å². The molecule has 106 heavy (non-hydrogen) atoms. The molecule has 0 saturated carbocycles. The first kappa shape index (κ1) is 52.2. The number of benzene rings is 14. The predicted molar refractivity (Wildman–Crippen MR) is 453 cm³/mol. The molecular weight excluding hydrogens is 1280 g/mol. The van der Waals surface area contributed by atoms with Crippen molar-refractivity contribution in [2.45, 2.75) is 105 Å². The number of fused-ring (bicyclic) bond motifs is 13. The van der Waals surface area contributed by atoms with Crippen LogP contribution in [0.15, 0.2) is 301 Å². The summed E-state index contributed by atoms with van der Waals surface area (Å²) >= 11 is 0. The summed E-state index contributed by atoms with van der Waals surface area (Å²) in [5, 5.41) is 3.52. The summed E-state index contributed by atoms with van der Waals surface area (Å²) in [6.45, 7) is 26.0. The first-order chi connectivity index (χ1) is 56.5. The average Bonchev–Trinajstić information content (AvgIpc) is 1.64. The van der Waals surface area contributed by atoms with Crippen LogP contribution in [-0.2, 0) is 21.7 Å². The summed E-state index contributed by atoms with van der Waals surface area (Å²) < 4.78 is 136. The fraction of sp³-hybridized carbons (Fsp3) is 0.160. The molecule has 0 N–H and O–H groups in total. The highest BCUT2D eigenvalue weighted by atomic mass is 16.3. The molecule has 6 heteroatoms. The van der Waals surface area contributed by atoms with Gasteiger partial charge in [0.05, 0.1) is 56.9 Å². The number of aromatic nitrogens is 2. The number of anilines is 6. The topological polar surface area (TPSA) is 29.5 Å². The van der Waals surface area contributed by atoms with E-state index in [0.717, 1.165) is 122 Å². The van der Waals surface area contributed by atoms with Crippen molar-refractivity contribution in [1.29, 1.82) is 0 Å². The number of hydrogen-bond donors (Lipinski definition) is 0. The van der Waals surface area contributed by atoms with E-state index in [-0.39, 0.29) is 54.7 Å². The Kier molecular flexibility index (Phi) is 11.7. The van der Waals surface area contributed by atoms with Gasteiger partial charge >= 0.3 is 0 Å². The van der Waals surface area contributed by atoms with Crippen LogP contribution in [0.1, 0.15) is 123 Å². The van der Waals surface area contributed by atoms with Crippen molar-refractivity contribution in [2.75, 3.05) is 9.80 Å². The Morgan fingerprint density at radius 2 is 0.764 bits per heavy atom. The van der Waals surface area contributed by atoms with Crippen molar-refractivity contribution in [1.82, 2.24) is 9.13 Å². The molecule has 5 nitrogen and oxygen atoms in total. The van der Waals surface area contributed by atoms with Gasteiger partial charge in [0.25, 0.3) is 6.71 Å². The van der Waals surface area contributed by atoms with Crippen molar-refractivity contribution < 1.29 is 22.2 Å². The van der Waals surface area contributed by atoms with Crippen LogP contribution in [-0.4, -0.2) is 15.8 Å². The van der Waals surface area contributed by atoms with Crippen LogP contribution in [0.25, 0.3) is 121 Å². The Bertz CT molecular complexity index is 7160. The van der Waals surface area contributed by atoms with E-state index in [1.54, 1.807) is 4.57 Å². The third-order valence-corrected chi connectivity index (χ3v) is 22.0. The molecule has 0 fully saturated rings. The van der Waals surface area contributed by atoms with Gasteiger partial charge in [-0.15, -0.1) is 0 Å². The van der Waals surface area contributed by atoms with Gasteiger partial charge in [0.2, 0.25) is 0 Å². The fourth-order valence-corrected chi connectivity index (χ4v) is 16.4. The van der Waals surface area contributed by atoms with Crippen LogP contribution in [0.5, 0.6) is 0 Å². The molecule has 19 rings (SSSR count). The summed E-state index contributed by atoms with van der Waals surface area (Å²) in [6, 6.07) is 69.7. The van der Waals surface area contributed by atoms with Crippen molar-refractivity contribution in [3.63, 3.8) is 0 Å². The van der Waals surface area contributed by atoms with Crippen LogP contribution >= 0.6 is 0 Å². The SMILES string of the molecule is [2H]c1c([2H])c([2H])c(-c2ccc3c(c2)N(c2cccc4c2oc2c(-n5c6ccccc6c6ccc(C(C)(C)C)cc65)cccc24)c2cc(-n4c5c([2H])c([2H])c([2H])c([2H])c5c5c([2H])c([2H])c([2H])c([2H])c54)cc4c2B3c2ccc(-c3cc(C(C)(C)C)cc(C(C)(C)C)c3)cc2N4c2cc(-c3ccccc3)cc(-c3cccc(C(C)(C)C)c3)c2)c([2H])c1[2H]. The van der Waals surface area contributed by atoms with E-state index in [2.05, 4.69) is 249 Å². The molecular formula is C100H85BN4O. The van der Waals surface area contributed by atoms with Gasteiger partial charge in [-0.1, -0.05) is 301 Å². The minimum Gasteiger partial charge on any atom is -0.452 e. The van der Waals surface area contributed by atoms with Gasteiger partial charge in [0.1, 0.15) is 0 Å². The minimum absolute atomic E-state index is 0.0194. The Hall–Kier alpha value is -11.9. The number of furan rings is 1. The molecule has 5 heterocycles. The van der Waals surface area contributed by atoms with Gasteiger partial charge in [-0.25, -0.2) is 0 Å². The van der Waals surface area contributed by atoms with Crippen molar-refractivity contribution in [2.24, 2.45) is 0 Å². The maximum atomic E-state index is 10.1. The maximum absolute atomic E-state index is 10.1. The Balaban J connectivity index is 1.01. The molecule has 0 saturated heterocycles. The molecule has 14 aromatic carbocycles. The molecule has 17 aromatic rings. The lowest BCUT2D eigenvalue weighted by Gasteiger charge is -2.44. The van der Waals surface area contributed by atoms with E-state index < -0.39 is 85.3 Å². The van der Waals surface area contributed by atoms with E-state index in [1.165, 1.54) is 0 Å². The number of rotatable bonds is 8. The lowest BCUT2D eigenvalue weighted by Crippen LogP contribution is -2.61. The molecule has 0 amide bonds. The summed E-state index contributed by atoms with van der Waals surface area (Å²) in [5.74, 6) is 0. The second-order valence-corrected chi connectivity index (χ2v) is 32.8. The lowest BCUT2D eigenvalue weighted by molar-refractivity contribution is 0.569. The summed E-state index contributed by atoms with van der Waals surface area (Å²) in [4.78, 5) is 4.41. The molecule has 0 spiro atoms. The monoisotopic (exact) mass is 1380 g/mol. The Morgan fingerprint density at radius 1 is 0.274 bits per heavy atom. The Labute approximate surface area is 640 Å². The maximum Gasteiger partial charge on any atom is 0.252 e. The van der Waals surface area contributed by atoms with E-state index >= 15 is 0 Å². The van der Waals surface area contributed by atoms with Crippen molar-refractivity contribution >= 4 is 123 Å². The minimum atomic E-state index is -0.705. The van der Waals surface area contributed by atoms with Crippen molar-refractivity contribution in [3.8, 4) is 55.9 Å². The van der Waals surface area contributed by atoms with E-state index in [4.69, 9.17) is 8.53 Å². The molecule has 0 bridgehead atoms. The fourth-order valence-electron chi connectivity index (χ4n) is 16.4. The number of para-hydroxylation sites is 5. The van der Waals surface area contributed by atoms with Gasteiger partial charge < -0.3 is 23.4 Å². The summed E-state index contributed by atoms with van der Waals surface area (Å²) in [7, 11) is 0. The smallest absolute Gasteiger partial charge is 0.252 e. The highest BCUT2D eigenvalue weighted by Crippen LogP contribution is 2.52. The van der Waals surface area contributed by atoms with Gasteiger partial charge in [0, 0.05) is 60.8 Å². The van der Waals surface area contributed by atoms with Gasteiger partial charge in [-0.2, -0.15) is 0 Å². The molecule has 0 aliphatic carbocycles. The molecule has 2 aliphatic heterocycles. The number of hydrogen-bond acceptors (Lipinski definition) is 3. The Morgan fingerprint density at radius 3 is 1.42 bits per heavy atom. The second kappa shape index (κ2) is 23.8. The standard InChI is InChI=1S/C100H85BN4O/c1-97(2,3)70-33-25-32-64(51-70)68-50-67(63-30-17-14-18-31-63)54-74(55-68)103-90-57-66(69-52-72(99(7,8)9)58-73(53-69)100(10,11)12)45-49-82(90)101-83-48-44-65(62-28-15-13-16-29-62)56-91(83)105(93-61-75(60-92(103)94(93)101)102-84-39-22-19-34-76(84)77-35-20-23-40-85(77)102)88-43-27-38-81-80-37-26-42-87(95(80)106-96(81)88)104-86-41-24-21-36-78(86)79-47-46-71(59-89(79)104)98(4,5)6/h13-61H,1-12H3/i13D,15D,16D,19D,20D,22D,23D,28D,29D,34D,35D,39D,40D. The van der Waals surface area contributed by atoms with Gasteiger partial charge in [0.15, 0.2) is 11.2 Å². The van der Waals surface area contributed by atoms with E-state index in [9.17, 15) is 13.7 Å². The normalized spacial score (nSPS) is 14.9. The first-order valence-corrected chi connectivity index (χ1v) is 36.6. The van der Waals surface area contributed by atoms with Crippen molar-refractivity contribution in [3.05, 3.63) is 319 Å². The zero-order chi connectivity index (χ0) is 83.8. The summed E-state index contributed by atoms with van der Waals surface area (Å²) in [5.41, 5.74) is 19.6. The van der Waals surface area contributed by atoms with Crippen LogP contribution in [0, 0.1) is 0 Å². The highest BCUT2D eigenvalue weighted by Gasteiger charge is 2.45. The predicted octanol–water partition coefficient (Wildman–Crippen LogP) is 25.7. The van der Waals surface area contributed by atoms with Gasteiger partial charge in [-0.3, -0.25) is 0 Å². The van der Waals surface area contributed by atoms with Gasteiger partial charge in [-0.05, 0) is 184 Å². The number of nitrogens with zero attached hydrogens (tertiary/aromatic N) is 4. The van der Waals surface area contributed by atoms with Crippen LogP contribution in [0.4, 0.5) is 34.1 Å². The first-order valence-electron chi connectivity index (χ1n) is 43.1. The van der Waals surface area contributed by atoms with Crippen LogP contribution in [0.2, 0.25) is 0 Å². The lowest BCUT2D eigenvalue weighted by atomic mass is 9.33. The zero-order valence-corrected chi connectivity index (χ0v) is 61.6. The molecule has 0 unspecified atom stereocenters. The molecule has 3 aromatic heterocycles. The zero-order valence-electron chi connectivity index (χ0n) is 74.6. The van der Waals surface area contributed by atoms with E-state index in [0.29, 0.717) is 39.5 Å². The third kappa shape index (κ3) is 10.5. The average molecular weight is 1380 g/mol. The quantitative estimate of drug-likeness (QED) is 0.142. The second-order valence-electron chi connectivity index (χ2n) is 32.8. The highest BCUT2D eigenvalue weighted by molar-refractivity contribution is 7.00. The largest absolute Gasteiger partial charge is 0.452 e. The van der Waals surface area contributed by atoms with Crippen LogP contribution in [0.3, 0.4) is 0 Å². The third-order valence-electron chi connectivity index (χ3n) is 22.0. The molecule has 0 radical (unpaired) electrons. The summed E-state index contributed by atoms with van der Waals surface area (Å²) in [6.07, 6.45) is 0. The molecule has 514 valence electrons. The van der Waals surface area contributed by atoms with Crippen LogP contribution < -0.4 is 26.2 Å².